The van der Waals surface area contributed by atoms with Gasteiger partial charge < -0.3 is 15.4 Å². The highest BCUT2D eigenvalue weighted by atomic mass is 16.5. The van der Waals surface area contributed by atoms with Crippen molar-refractivity contribution in [1.82, 2.24) is 10.6 Å². The van der Waals surface area contributed by atoms with Gasteiger partial charge in [0, 0.05) is 6.54 Å². The summed E-state index contributed by atoms with van der Waals surface area (Å²) >= 11 is 0. The molecule has 0 bridgehead atoms. The van der Waals surface area contributed by atoms with Crippen molar-refractivity contribution in [3.8, 4) is 5.75 Å². The van der Waals surface area contributed by atoms with E-state index in [1.807, 2.05) is 42.5 Å². The standard InChI is InChI=1S/C21H28N2O2/c1-21(2,3)14-19(17-10-6-5-7-11-17)23-20(24)22-15-16-9-8-12-18(13-16)25-4/h5-13,19H,14-15H2,1-4H3,(H2,22,23,24). The van der Waals surface area contributed by atoms with E-state index in [2.05, 4.69) is 43.5 Å². The average molecular weight is 340 g/mol. The van der Waals surface area contributed by atoms with Gasteiger partial charge in [-0.15, -0.1) is 0 Å². The van der Waals surface area contributed by atoms with Crippen LogP contribution in [0.4, 0.5) is 4.79 Å². The molecule has 4 heteroatoms. The number of hydrogen-bond donors (Lipinski definition) is 2. The highest BCUT2D eigenvalue weighted by Crippen LogP contribution is 2.29. The molecule has 0 radical (unpaired) electrons. The fourth-order valence-corrected chi connectivity index (χ4v) is 2.72. The number of carbonyl (C=O) groups excluding carboxylic acids is 1. The first kappa shape index (κ1) is 18.8. The summed E-state index contributed by atoms with van der Waals surface area (Å²) < 4.78 is 5.21. The first-order chi connectivity index (χ1) is 11.9. The summed E-state index contributed by atoms with van der Waals surface area (Å²) in [4.78, 5) is 12.4. The van der Waals surface area contributed by atoms with Gasteiger partial charge in [-0.3, -0.25) is 0 Å². The van der Waals surface area contributed by atoms with Gasteiger partial charge in [0.25, 0.3) is 0 Å². The van der Waals surface area contributed by atoms with E-state index in [1.165, 1.54) is 0 Å². The van der Waals surface area contributed by atoms with E-state index in [-0.39, 0.29) is 17.5 Å². The zero-order valence-electron chi connectivity index (χ0n) is 15.5. The Labute approximate surface area is 150 Å². The van der Waals surface area contributed by atoms with E-state index in [0.29, 0.717) is 6.54 Å². The Hall–Kier alpha value is -2.49. The van der Waals surface area contributed by atoms with Gasteiger partial charge >= 0.3 is 6.03 Å². The molecule has 2 aromatic rings. The van der Waals surface area contributed by atoms with Gasteiger partial charge in [0.1, 0.15) is 5.75 Å². The van der Waals surface area contributed by atoms with E-state index in [0.717, 1.165) is 23.3 Å². The van der Waals surface area contributed by atoms with Gasteiger partial charge in [-0.25, -0.2) is 4.79 Å². The molecule has 1 unspecified atom stereocenters. The predicted octanol–water partition coefficient (Wildman–Crippen LogP) is 4.67. The largest absolute Gasteiger partial charge is 0.497 e. The lowest BCUT2D eigenvalue weighted by molar-refractivity contribution is 0.230. The predicted molar refractivity (Wildman–Crippen MR) is 102 cm³/mol. The van der Waals surface area contributed by atoms with Gasteiger partial charge in [-0.2, -0.15) is 0 Å². The molecule has 1 atom stereocenters. The maximum atomic E-state index is 12.4. The molecule has 134 valence electrons. The normalized spacial score (nSPS) is 12.3. The zero-order chi connectivity index (χ0) is 18.3. The van der Waals surface area contributed by atoms with Gasteiger partial charge in [-0.1, -0.05) is 63.2 Å². The number of methoxy groups -OCH3 is 1. The minimum absolute atomic E-state index is 0.0218. The van der Waals surface area contributed by atoms with Crippen LogP contribution in [0.25, 0.3) is 0 Å². The molecule has 0 saturated carbocycles. The van der Waals surface area contributed by atoms with Crippen LogP contribution in [0.2, 0.25) is 0 Å². The third-order valence-corrected chi connectivity index (χ3v) is 3.91. The molecular formula is C21H28N2O2. The zero-order valence-corrected chi connectivity index (χ0v) is 15.5. The van der Waals surface area contributed by atoms with Crippen molar-refractivity contribution in [2.24, 2.45) is 5.41 Å². The van der Waals surface area contributed by atoms with Crippen LogP contribution in [0.5, 0.6) is 5.75 Å². The van der Waals surface area contributed by atoms with Crippen molar-refractivity contribution in [3.05, 3.63) is 65.7 Å². The molecular weight excluding hydrogens is 312 g/mol. The molecule has 25 heavy (non-hydrogen) atoms. The first-order valence-corrected chi connectivity index (χ1v) is 8.59. The van der Waals surface area contributed by atoms with Crippen molar-refractivity contribution in [2.75, 3.05) is 7.11 Å². The molecule has 2 aromatic carbocycles. The van der Waals surface area contributed by atoms with E-state index in [4.69, 9.17) is 4.74 Å². The van der Waals surface area contributed by atoms with Crippen LogP contribution >= 0.6 is 0 Å². The van der Waals surface area contributed by atoms with E-state index < -0.39 is 0 Å². The molecule has 2 N–H and O–H groups in total. The Bertz CT molecular complexity index is 678. The minimum Gasteiger partial charge on any atom is -0.497 e. The molecule has 0 saturated heterocycles. The molecule has 2 amide bonds. The highest BCUT2D eigenvalue weighted by Gasteiger charge is 2.21. The van der Waals surface area contributed by atoms with Crippen LogP contribution in [0.1, 0.15) is 44.4 Å². The number of benzene rings is 2. The minimum atomic E-state index is -0.166. The Balaban J connectivity index is 1.99. The fourth-order valence-electron chi connectivity index (χ4n) is 2.72. The van der Waals surface area contributed by atoms with E-state index >= 15 is 0 Å². The van der Waals surface area contributed by atoms with Gasteiger partial charge in [0.2, 0.25) is 0 Å². The lowest BCUT2D eigenvalue weighted by Crippen LogP contribution is -2.38. The number of hydrogen-bond acceptors (Lipinski definition) is 2. The second kappa shape index (κ2) is 8.56. The molecule has 0 fully saturated rings. The Morgan fingerprint density at radius 1 is 1.08 bits per heavy atom. The Morgan fingerprint density at radius 3 is 2.44 bits per heavy atom. The van der Waals surface area contributed by atoms with E-state index in [1.54, 1.807) is 7.11 Å². The summed E-state index contributed by atoms with van der Waals surface area (Å²) in [5, 5.41) is 6.04. The maximum Gasteiger partial charge on any atom is 0.315 e. The van der Waals surface area contributed by atoms with E-state index in [9.17, 15) is 4.79 Å². The van der Waals surface area contributed by atoms with Gasteiger partial charge in [0.05, 0.1) is 13.2 Å². The van der Waals surface area contributed by atoms with Crippen molar-refractivity contribution in [1.29, 1.82) is 0 Å². The lowest BCUT2D eigenvalue weighted by Gasteiger charge is -2.27. The number of nitrogens with one attached hydrogen (secondary N) is 2. The number of urea groups is 1. The Morgan fingerprint density at radius 2 is 1.80 bits per heavy atom. The summed E-state index contributed by atoms with van der Waals surface area (Å²) in [6.07, 6.45) is 0.865. The molecule has 0 aliphatic heterocycles. The summed E-state index contributed by atoms with van der Waals surface area (Å²) in [7, 11) is 1.64. The summed E-state index contributed by atoms with van der Waals surface area (Å²) in [6, 6.07) is 17.6. The molecule has 0 aliphatic rings. The maximum absolute atomic E-state index is 12.4. The monoisotopic (exact) mass is 340 g/mol. The third kappa shape index (κ3) is 6.49. The number of rotatable bonds is 6. The lowest BCUT2D eigenvalue weighted by atomic mass is 9.85. The second-order valence-electron chi connectivity index (χ2n) is 7.41. The SMILES string of the molecule is COc1cccc(CNC(=O)NC(CC(C)(C)C)c2ccccc2)c1. The summed E-state index contributed by atoms with van der Waals surface area (Å²) in [5.41, 5.74) is 2.23. The average Bonchev–Trinajstić information content (AvgIpc) is 2.59. The van der Waals surface area contributed by atoms with Crippen LogP contribution in [-0.2, 0) is 6.54 Å². The fraction of sp³-hybridized carbons (Fsp3) is 0.381. The second-order valence-corrected chi connectivity index (χ2v) is 7.41. The molecule has 0 aliphatic carbocycles. The highest BCUT2D eigenvalue weighted by molar-refractivity contribution is 5.74. The summed E-state index contributed by atoms with van der Waals surface area (Å²) in [6.45, 7) is 7.00. The van der Waals surface area contributed by atoms with Crippen molar-refractivity contribution >= 4 is 6.03 Å². The molecule has 0 spiro atoms. The quantitative estimate of drug-likeness (QED) is 0.803. The Kier molecular flexibility index (Phi) is 6.45. The van der Waals surface area contributed by atoms with Crippen LogP contribution in [0.15, 0.2) is 54.6 Å². The van der Waals surface area contributed by atoms with Crippen LogP contribution < -0.4 is 15.4 Å². The van der Waals surface area contributed by atoms with Crippen molar-refractivity contribution < 1.29 is 9.53 Å². The molecule has 0 heterocycles. The van der Waals surface area contributed by atoms with Crippen molar-refractivity contribution in [2.45, 2.75) is 39.8 Å². The molecule has 0 aromatic heterocycles. The number of carbonyl (C=O) groups is 1. The first-order valence-electron chi connectivity index (χ1n) is 8.59. The number of ether oxygens (including phenoxy) is 1. The van der Waals surface area contributed by atoms with Crippen LogP contribution in [0.3, 0.4) is 0 Å². The van der Waals surface area contributed by atoms with Crippen molar-refractivity contribution in [3.63, 3.8) is 0 Å². The van der Waals surface area contributed by atoms with Gasteiger partial charge in [0.15, 0.2) is 0 Å². The smallest absolute Gasteiger partial charge is 0.315 e. The molecule has 2 rings (SSSR count). The molecule has 4 nitrogen and oxygen atoms in total. The van der Waals surface area contributed by atoms with Gasteiger partial charge in [-0.05, 0) is 35.1 Å². The number of amides is 2. The summed E-state index contributed by atoms with van der Waals surface area (Å²) in [5.74, 6) is 0.787. The third-order valence-electron chi connectivity index (χ3n) is 3.91. The topological polar surface area (TPSA) is 50.4 Å². The van der Waals surface area contributed by atoms with Crippen LogP contribution in [0, 0.1) is 5.41 Å². The van der Waals surface area contributed by atoms with Crippen LogP contribution in [-0.4, -0.2) is 13.1 Å².